The highest BCUT2D eigenvalue weighted by atomic mass is 16.1. The average Bonchev–Trinajstić information content (AvgIpc) is 2.68. The van der Waals surface area contributed by atoms with Crippen molar-refractivity contribution in [3.63, 3.8) is 0 Å². The van der Waals surface area contributed by atoms with E-state index in [0.29, 0.717) is 6.04 Å². The molecule has 52 valence electrons. The lowest BCUT2D eigenvalue weighted by atomic mass is 10.4. The van der Waals surface area contributed by atoms with Crippen molar-refractivity contribution in [3.8, 4) is 0 Å². The van der Waals surface area contributed by atoms with Crippen molar-refractivity contribution in [2.75, 3.05) is 0 Å². The molecular weight excluding hydrogens is 126 g/mol. The van der Waals surface area contributed by atoms with E-state index in [1.807, 2.05) is 0 Å². The predicted octanol–water partition coefficient (Wildman–Crippen LogP) is 1.18. The molecule has 10 heavy (non-hydrogen) atoms. The molecule has 0 saturated heterocycles. The van der Waals surface area contributed by atoms with Gasteiger partial charge < -0.3 is 4.57 Å². The van der Waals surface area contributed by atoms with Gasteiger partial charge in [0.1, 0.15) is 0 Å². The minimum atomic E-state index is -0.248. The molecule has 1 aromatic rings. The van der Waals surface area contributed by atoms with Crippen molar-refractivity contribution < 1.29 is 2.74 Å². The molecule has 0 spiro atoms. The highest BCUT2D eigenvalue weighted by Gasteiger charge is 2.21. The van der Waals surface area contributed by atoms with Crippen LogP contribution in [0.1, 0.15) is 21.6 Å². The Morgan fingerprint density at radius 1 is 1.50 bits per heavy atom. The second kappa shape index (κ2) is 1.97. The number of pyridine rings is 1. The fraction of sp³-hybridized carbons (Fsp3) is 0.375. The Kier molecular flexibility index (Phi) is 0.782. The Morgan fingerprint density at radius 3 is 2.60 bits per heavy atom. The third-order valence-corrected chi connectivity index (χ3v) is 1.60. The van der Waals surface area contributed by atoms with Gasteiger partial charge in [-0.05, 0) is 12.8 Å². The van der Waals surface area contributed by atoms with Crippen LogP contribution in [0.2, 0.25) is 0 Å². The monoisotopic (exact) mass is 137 g/mol. The molecule has 0 bridgehead atoms. The van der Waals surface area contributed by atoms with Crippen LogP contribution in [0.5, 0.6) is 0 Å². The van der Waals surface area contributed by atoms with Gasteiger partial charge in [-0.3, -0.25) is 4.79 Å². The number of hydrogen-bond donors (Lipinski definition) is 0. The van der Waals surface area contributed by atoms with Crippen LogP contribution in [-0.4, -0.2) is 4.57 Å². The SMILES string of the molecule is [2H]c1cc(=O)cc([2H])n1C1CC1. The molecule has 0 aromatic carbocycles. The summed E-state index contributed by atoms with van der Waals surface area (Å²) < 4.78 is 16.5. The Hall–Kier alpha value is -1.05. The zero-order chi connectivity index (χ0) is 8.72. The molecule has 0 atom stereocenters. The minimum Gasteiger partial charge on any atom is -0.351 e. The fourth-order valence-electron chi connectivity index (χ4n) is 0.889. The summed E-state index contributed by atoms with van der Waals surface area (Å²) in [5, 5.41) is 0. The highest BCUT2D eigenvalue weighted by Crippen LogP contribution is 2.33. The topological polar surface area (TPSA) is 22.0 Å². The molecule has 2 heteroatoms. The van der Waals surface area contributed by atoms with Crippen molar-refractivity contribution in [2.45, 2.75) is 18.9 Å². The van der Waals surface area contributed by atoms with E-state index in [0.717, 1.165) is 12.8 Å². The average molecular weight is 137 g/mol. The van der Waals surface area contributed by atoms with Gasteiger partial charge in [-0.1, -0.05) is 0 Å². The van der Waals surface area contributed by atoms with Gasteiger partial charge in [0.05, 0.1) is 2.74 Å². The second-order valence-corrected chi connectivity index (χ2v) is 2.55. The highest BCUT2D eigenvalue weighted by molar-refractivity contribution is 4.97. The van der Waals surface area contributed by atoms with E-state index in [1.54, 1.807) is 4.57 Å². The van der Waals surface area contributed by atoms with E-state index in [1.165, 1.54) is 12.1 Å². The molecule has 0 unspecified atom stereocenters. The standard InChI is InChI=1S/C8H9NO/c10-8-3-5-9(6-4-8)7-1-2-7/h3-7H,1-2H2/i5D,6D. The molecule has 0 aliphatic heterocycles. The van der Waals surface area contributed by atoms with Crippen molar-refractivity contribution in [3.05, 3.63) is 34.7 Å². The van der Waals surface area contributed by atoms with E-state index < -0.39 is 0 Å². The van der Waals surface area contributed by atoms with Crippen molar-refractivity contribution >= 4 is 0 Å². The van der Waals surface area contributed by atoms with Crippen molar-refractivity contribution in [1.29, 1.82) is 0 Å². The van der Waals surface area contributed by atoms with Gasteiger partial charge in [0, 0.05) is 30.5 Å². The number of hydrogen-bond acceptors (Lipinski definition) is 1. The van der Waals surface area contributed by atoms with Crippen LogP contribution in [0.4, 0.5) is 0 Å². The largest absolute Gasteiger partial charge is 0.351 e. The van der Waals surface area contributed by atoms with Gasteiger partial charge in [0.25, 0.3) is 0 Å². The normalized spacial score (nSPS) is 20.0. The van der Waals surface area contributed by atoms with Crippen molar-refractivity contribution in [2.24, 2.45) is 0 Å². The molecule has 0 amide bonds. The molecule has 2 rings (SSSR count). The van der Waals surface area contributed by atoms with E-state index in [2.05, 4.69) is 0 Å². The first-order valence-electron chi connectivity index (χ1n) is 4.38. The second-order valence-electron chi connectivity index (χ2n) is 2.55. The van der Waals surface area contributed by atoms with Crippen LogP contribution in [-0.2, 0) is 0 Å². The van der Waals surface area contributed by atoms with Gasteiger partial charge in [-0.25, -0.2) is 0 Å². The van der Waals surface area contributed by atoms with Crippen LogP contribution in [0, 0.1) is 0 Å². The van der Waals surface area contributed by atoms with Gasteiger partial charge >= 0.3 is 0 Å². The molecule has 1 aromatic heterocycles. The summed E-state index contributed by atoms with van der Waals surface area (Å²) in [4.78, 5) is 10.9. The lowest BCUT2D eigenvalue weighted by molar-refractivity contribution is 0.733. The summed E-state index contributed by atoms with van der Waals surface area (Å²) in [6.45, 7) is 0. The third kappa shape index (κ3) is 0.967. The van der Waals surface area contributed by atoms with E-state index in [-0.39, 0.29) is 17.8 Å². The number of nitrogens with zero attached hydrogens (tertiary/aromatic N) is 1. The Morgan fingerprint density at radius 2 is 2.10 bits per heavy atom. The Bertz CT molecular complexity index is 342. The van der Waals surface area contributed by atoms with Crippen LogP contribution in [0.25, 0.3) is 0 Å². The van der Waals surface area contributed by atoms with Gasteiger partial charge in [0.2, 0.25) is 0 Å². The summed E-state index contributed by atoms with van der Waals surface area (Å²) in [6.07, 6.45) is 2.38. The molecule has 1 aliphatic rings. The maximum atomic E-state index is 10.9. The van der Waals surface area contributed by atoms with Crippen LogP contribution in [0.15, 0.2) is 29.3 Å². The quantitative estimate of drug-likeness (QED) is 0.569. The van der Waals surface area contributed by atoms with Crippen LogP contribution in [0.3, 0.4) is 0 Å². The molecule has 1 saturated carbocycles. The molecule has 1 heterocycles. The summed E-state index contributed by atoms with van der Waals surface area (Å²) >= 11 is 0. The fourth-order valence-corrected chi connectivity index (χ4v) is 0.889. The first-order valence-corrected chi connectivity index (χ1v) is 3.38. The molecule has 1 aliphatic carbocycles. The number of rotatable bonds is 1. The van der Waals surface area contributed by atoms with Crippen LogP contribution < -0.4 is 5.43 Å². The van der Waals surface area contributed by atoms with E-state index >= 15 is 0 Å². The molecule has 0 N–H and O–H groups in total. The Labute approximate surface area is 61.9 Å². The molecule has 0 radical (unpaired) electrons. The molecule has 1 fully saturated rings. The lowest BCUT2D eigenvalue weighted by Crippen LogP contribution is -2.01. The minimum absolute atomic E-state index is 0.162. The maximum absolute atomic E-state index is 10.9. The smallest absolute Gasteiger partial charge is 0.181 e. The van der Waals surface area contributed by atoms with Gasteiger partial charge in [-0.15, -0.1) is 0 Å². The summed E-state index contributed by atoms with van der Waals surface area (Å²) in [5.74, 6) is 0. The summed E-state index contributed by atoms with van der Waals surface area (Å²) in [7, 11) is 0. The predicted molar refractivity (Wildman–Crippen MR) is 39.0 cm³/mol. The third-order valence-electron chi connectivity index (χ3n) is 1.60. The lowest BCUT2D eigenvalue weighted by Gasteiger charge is -1.99. The van der Waals surface area contributed by atoms with Gasteiger partial charge in [-0.2, -0.15) is 0 Å². The first-order chi connectivity index (χ1) is 5.68. The van der Waals surface area contributed by atoms with Crippen molar-refractivity contribution in [1.82, 2.24) is 4.57 Å². The first kappa shape index (κ1) is 3.96. The number of aromatic nitrogens is 1. The zero-order valence-electron chi connectivity index (χ0n) is 7.50. The zero-order valence-corrected chi connectivity index (χ0v) is 5.50. The molecule has 2 nitrogen and oxygen atoms in total. The molecular formula is C8H9NO. The Balaban J connectivity index is 2.58. The van der Waals surface area contributed by atoms with E-state index in [9.17, 15) is 4.79 Å². The van der Waals surface area contributed by atoms with Gasteiger partial charge in [0.15, 0.2) is 5.43 Å². The summed E-state index contributed by atoms with van der Waals surface area (Å²) in [6, 6.07) is 2.82. The maximum Gasteiger partial charge on any atom is 0.181 e. The summed E-state index contributed by atoms with van der Waals surface area (Å²) in [5.41, 5.74) is -0.248. The van der Waals surface area contributed by atoms with Crippen LogP contribution >= 0.6 is 0 Å². The van der Waals surface area contributed by atoms with E-state index in [4.69, 9.17) is 2.74 Å².